The molecule has 12 heteroatoms. The Labute approximate surface area is 235 Å². The van der Waals surface area contributed by atoms with Crippen molar-refractivity contribution in [3.8, 4) is 6.01 Å². The third-order valence-electron chi connectivity index (χ3n) is 8.79. The number of halogens is 1. The van der Waals surface area contributed by atoms with Gasteiger partial charge in [0.1, 0.15) is 11.9 Å². The Hall–Kier alpha value is -2.34. The third-order valence-corrected chi connectivity index (χ3v) is 9.12. The zero-order chi connectivity index (χ0) is 28.3. The van der Waals surface area contributed by atoms with Gasteiger partial charge in [0.15, 0.2) is 0 Å². The highest BCUT2D eigenvalue weighted by atomic mass is 35.5. The Bertz CT molecular complexity index is 1240. The molecule has 0 radical (unpaired) electrons. The molecule has 39 heavy (non-hydrogen) atoms. The number of ether oxygens (including phenoxy) is 1. The molecule has 10 nitrogen and oxygen atoms in total. The second kappa shape index (κ2) is 10.2. The van der Waals surface area contributed by atoms with Crippen LogP contribution in [-0.4, -0.2) is 101 Å². The molecule has 0 bridgehead atoms. The molecule has 2 aromatic rings. The van der Waals surface area contributed by atoms with Crippen molar-refractivity contribution in [3.05, 3.63) is 17.2 Å². The molecule has 2 aliphatic heterocycles. The van der Waals surface area contributed by atoms with E-state index < -0.39 is 24.4 Å². The van der Waals surface area contributed by atoms with Crippen molar-refractivity contribution in [1.29, 1.82) is 0 Å². The topological polar surface area (TPSA) is 100 Å². The molecule has 2 saturated heterocycles. The molecule has 1 aromatic heterocycles. The van der Waals surface area contributed by atoms with Crippen LogP contribution in [0, 0.1) is 0 Å². The Kier molecular flexibility index (Phi) is 7.41. The number of rotatable bonds is 5. The van der Waals surface area contributed by atoms with Gasteiger partial charge in [-0.2, -0.15) is 9.97 Å². The van der Waals surface area contributed by atoms with Crippen LogP contribution >= 0.6 is 11.6 Å². The molecule has 1 aliphatic carbocycles. The molecule has 1 amide bonds. The smallest absolute Gasteiger partial charge is 0.465 e. The molecule has 3 atom stereocenters. The van der Waals surface area contributed by atoms with Crippen molar-refractivity contribution in [2.75, 3.05) is 38.6 Å². The first kappa shape index (κ1) is 28.2. The van der Waals surface area contributed by atoms with Crippen LogP contribution in [0.5, 0.6) is 6.01 Å². The second-order valence-corrected chi connectivity index (χ2v) is 12.6. The Morgan fingerprint density at radius 3 is 2.46 bits per heavy atom. The standard InChI is InChI=1S/C27H39BClN5O5/c1-16-15-33(25(35)36)11-12-34(16)23-17-13-19(29)18(28-38-26(2,3)27(4,5)39-28)14-20(17)30-24(31-23)37-22-10-8-9-21(22)32(6)7/h13-14,16,21-22H,8-12,15H2,1-7H3,(H,35,36)/t16-,21?,22?/m0/s1. The third kappa shape index (κ3) is 5.26. The summed E-state index contributed by atoms with van der Waals surface area (Å²) in [4.78, 5) is 27.1. The Balaban J connectivity index is 1.57. The van der Waals surface area contributed by atoms with E-state index in [-0.39, 0.29) is 18.2 Å². The molecule has 2 unspecified atom stereocenters. The summed E-state index contributed by atoms with van der Waals surface area (Å²) in [6.07, 6.45) is 2.16. The fourth-order valence-electron chi connectivity index (χ4n) is 5.77. The highest BCUT2D eigenvalue weighted by Gasteiger charge is 2.52. The van der Waals surface area contributed by atoms with Crippen LogP contribution in [0.1, 0.15) is 53.9 Å². The van der Waals surface area contributed by atoms with E-state index in [0.717, 1.165) is 24.6 Å². The highest BCUT2D eigenvalue weighted by molar-refractivity contribution is 6.66. The molecule has 3 fully saturated rings. The van der Waals surface area contributed by atoms with Crippen LogP contribution < -0.4 is 15.1 Å². The molecule has 1 N–H and O–H groups in total. The quantitative estimate of drug-likeness (QED) is 0.550. The van der Waals surface area contributed by atoms with E-state index in [1.165, 1.54) is 4.90 Å². The predicted molar refractivity (Wildman–Crippen MR) is 152 cm³/mol. The molecule has 5 rings (SSSR count). The summed E-state index contributed by atoms with van der Waals surface area (Å²) in [5.41, 5.74) is 0.360. The number of fused-ring (bicyclic) bond motifs is 1. The molecular weight excluding hydrogens is 521 g/mol. The van der Waals surface area contributed by atoms with Crippen LogP contribution in [0.15, 0.2) is 12.1 Å². The summed E-state index contributed by atoms with van der Waals surface area (Å²) < 4.78 is 19.0. The first-order valence-corrected chi connectivity index (χ1v) is 14.1. The number of anilines is 1. The van der Waals surface area contributed by atoms with Gasteiger partial charge in [-0.1, -0.05) is 11.6 Å². The summed E-state index contributed by atoms with van der Waals surface area (Å²) >= 11 is 6.86. The minimum absolute atomic E-state index is 0.0125. The van der Waals surface area contributed by atoms with Crippen molar-refractivity contribution in [2.45, 2.75) is 83.3 Å². The number of nitrogens with zero attached hydrogens (tertiary/aromatic N) is 5. The van der Waals surface area contributed by atoms with E-state index in [4.69, 9.17) is 35.6 Å². The first-order valence-electron chi connectivity index (χ1n) is 13.7. The number of benzene rings is 1. The van der Waals surface area contributed by atoms with Gasteiger partial charge in [-0.05, 0) is 80.1 Å². The van der Waals surface area contributed by atoms with Crippen molar-refractivity contribution in [2.24, 2.45) is 0 Å². The van der Waals surface area contributed by atoms with Gasteiger partial charge in [-0.3, -0.25) is 0 Å². The summed E-state index contributed by atoms with van der Waals surface area (Å²) in [6.45, 7) is 11.3. The normalized spacial score (nSPS) is 26.6. The van der Waals surface area contributed by atoms with Gasteiger partial charge in [-0.25, -0.2) is 4.79 Å². The number of hydrogen-bond donors (Lipinski definition) is 1. The van der Waals surface area contributed by atoms with Crippen LogP contribution in [-0.2, 0) is 9.31 Å². The van der Waals surface area contributed by atoms with Crippen molar-refractivity contribution in [3.63, 3.8) is 0 Å². The number of aromatic nitrogens is 2. The van der Waals surface area contributed by atoms with E-state index in [2.05, 4.69) is 23.9 Å². The average Bonchev–Trinajstić information content (AvgIpc) is 3.39. The number of piperazine rings is 1. The first-order chi connectivity index (χ1) is 18.3. The summed E-state index contributed by atoms with van der Waals surface area (Å²) in [6, 6.07) is 4.28. The van der Waals surface area contributed by atoms with Gasteiger partial charge in [0.25, 0.3) is 0 Å². The lowest BCUT2D eigenvalue weighted by Gasteiger charge is -2.39. The zero-order valence-electron chi connectivity index (χ0n) is 23.9. The molecule has 212 valence electrons. The van der Waals surface area contributed by atoms with Gasteiger partial charge in [0, 0.05) is 47.6 Å². The predicted octanol–water partition coefficient (Wildman–Crippen LogP) is 3.63. The maximum Gasteiger partial charge on any atom is 0.496 e. The van der Waals surface area contributed by atoms with Crippen LogP contribution in [0.4, 0.5) is 10.6 Å². The fraction of sp³-hybridized carbons (Fsp3) is 0.667. The highest BCUT2D eigenvalue weighted by Crippen LogP contribution is 2.38. The molecule has 0 spiro atoms. The lowest BCUT2D eigenvalue weighted by Crippen LogP contribution is -2.53. The van der Waals surface area contributed by atoms with Crippen LogP contribution in [0.3, 0.4) is 0 Å². The van der Waals surface area contributed by atoms with E-state index in [0.29, 0.717) is 47.5 Å². The van der Waals surface area contributed by atoms with Gasteiger partial charge in [-0.15, -0.1) is 0 Å². The number of amides is 1. The average molecular weight is 560 g/mol. The molecule has 1 aromatic carbocycles. The van der Waals surface area contributed by atoms with Gasteiger partial charge in [0.05, 0.1) is 16.7 Å². The minimum Gasteiger partial charge on any atom is -0.465 e. The van der Waals surface area contributed by atoms with Crippen molar-refractivity contribution in [1.82, 2.24) is 19.8 Å². The molecule has 3 heterocycles. The number of hydrogen-bond acceptors (Lipinski definition) is 8. The summed E-state index contributed by atoms with van der Waals surface area (Å²) in [5, 5.41) is 10.8. The molecular formula is C27H39BClN5O5. The molecule has 3 aliphatic rings. The number of likely N-dealkylation sites (N-methyl/N-ethyl adjacent to an activating group) is 1. The maximum absolute atomic E-state index is 11.6. The van der Waals surface area contributed by atoms with Crippen molar-refractivity contribution >= 4 is 47.0 Å². The second-order valence-electron chi connectivity index (χ2n) is 12.2. The van der Waals surface area contributed by atoms with E-state index in [1.807, 2.05) is 46.8 Å². The van der Waals surface area contributed by atoms with E-state index in [1.54, 1.807) is 0 Å². The lowest BCUT2D eigenvalue weighted by atomic mass is 9.78. The van der Waals surface area contributed by atoms with Crippen molar-refractivity contribution < 1.29 is 23.9 Å². The van der Waals surface area contributed by atoms with Gasteiger partial charge in [0.2, 0.25) is 0 Å². The van der Waals surface area contributed by atoms with Crippen LogP contribution in [0.25, 0.3) is 10.9 Å². The summed E-state index contributed by atoms with van der Waals surface area (Å²) in [7, 11) is 3.50. The minimum atomic E-state index is -0.913. The lowest BCUT2D eigenvalue weighted by molar-refractivity contribution is 0.00578. The number of carbonyl (C=O) groups is 1. The fourth-order valence-corrected chi connectivity index (χ4v) is 6.02. The van der Waals surface area contributed by atoms with Crippen LogP contribution in [0.2, 0.25) is 5.02 Å². The molecule has 1 saturated carbocycles. The SMILES string of the molecule is C[C@H]1CN(C(=O)O)CCN1c1nc(OC2CCCC2N(C)C)nc2cc(B3OC(C)(C)C(C)(C)O3)c(Cl)cc12. The van der Waals surface area contributed by atoms with Gasteiger partial charge >= 0.3 is 19.2 Å². The van der Waals surface area contributed by atoms with E-state index >= 15 is 0 Å². The Morgan fingerprint density at radius 1 is 1.15 bits per heavy atom. The van der Waals surface area contributed by atoms with E-state index in [9.17, 15) is 9.90 Å². The number of carboxylic acid groups (broad SMARTS) is 1. The summed E-state index contributed by atoms with van der Waals surface area (Å²) in [5.74, 6) is 0.689. The Morgan fingerprint density at radius 2 is 1.85 bits per heavy atom. The largest absolute Gasteiger partial charge is 0.496 e. The maximum atomic E-state index is 11.6. The zero-order valence-corrected chi connectivity index (χ0v) is 24.7. The monoisotopic (exact) mass is 559 g/mol. The van der Waals surface area contributed by atoms with Gasteiger partial charge < -0.3 is 33.9 Å².